The second kappa shape index (κ2) is 10.0. The predicted molar refractivity (Wildman–Crippen MR) is 111 cm³/mol. The number of nitrogens with zero attached hydrogens (tertiary/aromatic N) is 3. The van der Waals surface area contributed by atoms with Crippen LogP contribution in [-0.2, 0) is 11.0 Å². The van der Waals surface area contributed by atoms with Gasteiger partial charge < -0.3 is 20.4 Å². The van der Waals surface area contributed by atoms with Gasteiger partial charge in [0.25, 0.3) is 0 Å². The number of likely N-dealkylation sites (tertiary alicyclic amines) is 1. The average Bonchev–Trinajstić information content (AvgIpc) is 2.67. The lowest BCUT2D eigenvalue weighted by Gasteiger charge is -2.39. The van der Waals surface area contributed by atoms with E-state index in [2.05, 4.69) is 34.4 Å². The van der Waals surface area contributed by atoms with Crippen molar-refractivity contribution in [2.75, 3.05) is 25.5 Å². The van der Waals surface area contributed by atoms with Gasteiger partial charge in [0, 0.05) is 17.6 Å². The fourth-order valence-corrected chi connectivity index (χ4v) is 3.70. The molecule has 0 bridgehead atoms. The number of aliphatic carboxylic acids is 1. The number of alkyl halides is 6. The highest BCUT2D eigenvalue weighted by molar-refractivity contribution is 5.73. The van der Waals surface area contributed by atoms with Gasteiger partial charge in [-0.1, -0.05) is 0 Å². The van der Waals surface area contributed by atoms with Gasteiger partial charge in [0.2, 0.25) is 0 Å². The molecular weight excluding hydrogens is 470 g/mol. The summed E-state index contributed by atoms with van der Waals surface area (Å²) >= 11 is 0. The zero-order chi connectivity index (χ0) is 25.9. The van der Waals surface area contributed by atoms with Crippen LogP contribution in [0.3, 0.4) is 0 Å². The number of phenolic OH excluding ortho intramolecular Hbond substituents is 1. The fourth-order valence-electron chi connectivity index (χ4n) is 3.70. The molecule has 3 N–H and O–H groups in total. The van der Waals surface area contributed by atoms with Crippen LogP contribution in [0.1, 0.15) is 30.9 Å². The van der Waals surface area contributed by atoms with E-state index < -0.39 is 29.6 Å². The van der Waals surface area contributed by atoms with Crippen LogP contribution in [0, 0.1) is 6.92 Å². The maximum absolute atomic E-state index is 12.9. The Balaban J connectivity index is 0.000000509. The predicted octanol–water partition coefficient (Wildman–Crippen LogP) is 4.71. The third-order valence-electron chi connectivity index (χ3n) is 5.12. The van der Waals surface area contributed by atoms with E-state index >= 15 is 0 Å². The molecule has 0 radical (unpaired) electrons. The maximum atomic E-state index is 12.9. The molecule has 34 heavy (non-hydrogen) atoms. The molecular formula is C21H24F6N4O3. The van der Waals surface area contributed by atoms with Crippen LogP contribution < -0.4 is 5.32 Å². The first-order valence-electron chi connectivity index (χ1n) is 10.0. The smallest absolute Gasteiger partial charge is 0.490 e. The van der Waals surface area contributed by atoms with E-state index in [0.717, 1.165) is 38.1 Å². The molecule has 1 atom stereocenters. The molecule has 7 nitrogen and oxygen atoms in total. The van der Waals surface area contributed by atoms with Crippen molar-refractivity contribution in [1.29, 1.82) is 0 Å². The molecule has 2 aromatic rings. The molecule has 1 aliphatic rings. The minimum atomic E-state index is -5.08. The topological polar surface area (TPSA) is 98.6 Å². The first kappa shape index (κ1) is 27.2. The molecule has 3 rings (SSSR count). The van der Waals surface area contributed by atoms with Crippen LogP contribution in [0.4, 0.5) is 32.2 Å². The number of nitrogens with one attached hydrogen (secondary N) is 1. The van der Waals surface area contributed by atoms with Crippen molar-refractivity contribution in [1.82, 2.24) is 15.1 Å². The maximum Gasteiger partial charge on any atom is 0.490 e. The molecule has 13 heteroatoms. The molecule has 1 aromatic heterocycles. The normalized spacial score (nSPS) is 19.2. The Morgan fingerprint density at radius 2 is 1.76 bits per heavy atom. The summed E-state index contributed by atoms with van der Waals surface area (Å²) in [7, 11) is 2.07. The number of likely N-dealkylation sites (N-methyl/N-ethyl adjacent to an activating group) is 1. The SMILES string of the molecule is Cc1cc(C(F)(F)F)cc(O)c1-c1ccc(NC2(C)CCCN(C)C2)nn1.O=C(O)C(F)(F)F. The molecule has 0 aliphatic carbocycles. The van der Waals surface area contributed by atoms with Gasteiger partial charge in [-0.25, -0.2) is 4.79 Å². The minimum Gasteiger partial charge on any atom is -0.507 e. The molecule has 1 fully saturated rings. The summed E-state index contributed by atoms with van der Waals surface area (Å²) in [6, 6.07) is 5.11. The van der Waals surface area contributed by atoms with E-state index in [4.69, 9.17) is 9.90 Å². The van der Waals surface area contributed by atoms with Gasteiger partial charge in [0.05, 0.1) is 11.3 Å². The van der Waals surface area contributed by atoms with Gasteiger partial charge in [-0.05, 0) is 70.1 Å². The summed E-state index contributed by atoms with van der Waals surface area (Å²) in [5.41, 5.74) is -0.129. The van der Waals surface area contributed by atoms with Gasteiger partial charge in [-0.15, -0.1) is 10.2 Å². The van der Waals surface area contributed by atoms with Crippen LogP contribution in [-0.4, -0.2) is 63.1 Å². The number of carboxylic acid groups (broad SMARTS) is 1. The Kier molecular flexibility index (Phi) is 8.02. The average molecular weight is 494 g/mol. The number of rotatable bonds is 3. The molecule has 1 aliphatic heterocycles. The minimum absolute atomic E-state index is 0.115. The van der Waals surface area contributed by atoms with Crippen LogP contribution in [0.2, 0.25) is 0 Å². The monoisotopic (exact) mass is 494 g/mol. The lowest BCUT2D eigenvalue weighted by atomic mass is 9.91. The number of aromatic nitrogens is 2. The van der Waals surface area contributed by atoms with Gasteiger partial charge in [-0.3, -0.25) is 0 Å². The van der Waals surface area contributed by atoms with Gasteiger partial charge in [0.1, 0.15) is 11.6 Å². The van der Waals surface area contributed by atoms with Gasteiger partial charge in [0.15, 0.2) is 0 Å². The molecule has 188 valence electrons. The summed E-state index contributed by atoms with van der Waals surface area (Å²) in [5.74, 6) is -2.62. The second-order valence-electron chi connectivity index (χ2n) is 8.32. The fraction of sp³-hybridized carbons (Fsp3) is 0.476. The van der Waals surface area contributed by atoms with Crippen molar-refractivity contribution in [2.45, 2.75) is 44.6 Å². The number of hydrogen-bond donors (Lipinski definition) is 3. The number of carboxylic acids is 1. The van der Waals surface area contributed by atoms with Crippen LogP contribution >= 0.6 is 0 Å². The Morgan fingerprint density at radius 3 is 2.21 bits per heavy atom. The van der Waals surface area contributed by atoms with E-state index in [0.29, 0.717) is 17.1 Å². The van der Waals surface area contributed by atoms with Crippen molar-refractivity contribution in [3.63, 3.8) is 0 Å². The Morgan fingerprint density at radius 1 is 1.15 bits per heavy atom. The van der Waals surface area contributed by atoms with Crippen molar-refractivity contribution in [3.05, 3.63) is 35.4 Å². The van der Waals surface area contributed by atoms with E-state index in [9.17, 15) is 31.4 Å². The number of hydrogen-bond acceptors (Lipinski definition) is 6. The molecule has 1 aromatic carbocycles. The zero-order valence-electron chi connectivity index (χ0n) is 18.5. The third kappa shape index (κ3) is 7.20. The van der Waals surface area contributed by atoms with Gasteiger partial charge in [-0.2, -0.15) is 26.3 Å². The standard InChI is InChI=1S/C19H23F3N4O.C2HF3O2/c1-12-9-13(19(20,21)22)10-15(27)17(12)14-5-6-16(25-24-14)23-18(2)7-4-8-26(3)11-18;3-2(4,5)1(6)7/h5-6,9-10,27H,4,7-8,11H2,1-3H3,(H,23,25);(H,6,7). The number of carbonyl (C=O) groups is 1. The summed E-state index contributed by atoms with van der Waals surface area (Å²) in [6.45, 7) is 5.59. The first-order chi connectivity index (χ1) is 15.5. The lowest BCUT2D eigenvalue weighted by Crippen LogP contribution is -2.49. The van der Waals surface area contributed by atoms with Crippen molar-refractivity contribution >= 4 is 11.8 Å². The van der Waals surface area contributed by atoms with E-state index in [-0.39, 0.29) is 11.1 Å². The van der Waals surface area contributed by atoms with Crippen molar-refractivity contribution < 1.29 is 41.4 Å². The first-order valence-corrected chi connectivity index (χ1v) is 10.0. The van der Waals surface area contributed by atoms with Crippen molar-refractivity contribution in [3.8, 4) is 17.0 Å². The summed E-state index contributed by atoms with van der Waals surface area (Å²) in [6.07, 6.45) is -7.49. The van der Waals surface area contributed by atoms with Crippen molar-refractivity contribution in [2.24, 2.45) is 0 Å². The molecule has 1 saturated heterocycles. The quantitative estimate of drug-likeness (QED) is 0.532. The highest BCUT2D eigenvalue weighted by Gasteiger charge is 2.38. The Labute approximate surface area is 191 Å². The number of aryl methyl sites for hydroxylation is 1. The van der Waals surface area contributed by atoms with E-state index in [1.165, 1.54) is 6.92 Å². The number of halogens is 6. The van der Waals surface area contributed by atoms with Gasteiger partial charge >= 0.3 is 18.3 Å². The summed E-state index contributed by atoms with van der Waals surface area (Å²) < 4.78 is 70.3. The van der Waals surface area contributed by atoms with Crippen LogP contribution in [0.25, 0.3) is 11.3 Å². The van der Waals surface area contributed by atoms with E-state index in [1.807, 2.05) is 0 Å². The molecule has 0 amide bonds. The summed E-state index contributed by atoms with van der Waals surface area (Å²) in [5, 5.41) is 28.9. The molecule has 0 saturated carbocycles. The number of aromatic hydroxyl groups is 1. The molecule has 1 unspecified atom stereocenters. The lowest BCUT2D eigenvalue weighted by molar-refractivity contribution is -0.192. The highest BCUT2D eigenvalue weighted by Crippen LogP contribution is 2.38. The second-order valence-corrected chi connectivity index (χ2v) is 8.32. The van der Waals surface area contributed by atoms with Crippen LogP contribution in [0.5, 0.6) is 5.75 Å². The number of piperidine rings is 1. The number of benzene rings is 1. The Hall–Kier alpha value is -3.09. The molecule has 0 spiro atoms. The third-order valence-corrected chi connectivity index (χ3v) is 5.12. The van der Waals surface area contributed by atoms with Crippen LogP contribution in [0.15, 0.2) is 24.3 Å². The highest BCUT2D eigenvalue weighted by atomic mass is 19.4. The summed E-state index contributed by atoms with van der Waals surface area (Å²) in [4.78, 5) is 11.1. The zero-order valence-corrected chi connectivity index (χ0v) is 18.5. The Bertz CT molecular complexity index is 988. The van der Waals surface area contributed by atoms with E-state index in [1.54, 1.807) is 12.1 Å². The largest absolute Gasteiger partial charge is 0.507 e. The number of anilines is 1. The molecule has 2 heterocycles. The number of phenols is 1.